The quantitative estimate of drug-likeness (QED) is 0.753. The highest BCUT2D eigenvalue weighted by Crippen LogP contribution is 2.27. The maximum absolute atomic E-state index is 5.91. The zero-order valence-corrected chi connectivity index (χ0v) is 11.4. The summed E-state index contributed by atoms with van der Waals surface area (Å²) in [5.41, 5.74) is 1.13. The first-order valence-electron chi connectivity index (χ1n) is 6.60. The van der Waals surface area contributed by atoms with Gasteiger partial charge in [-0.3, -0.25) is 0 Å². The molecule has 0 aromatic heterocycles. The Morgan fingerprint density at radius 2 is 2.06 bits per heavy atom. The highest BCUT2D eigenvalue weighted by molar-refractivity contribution is 6.45. The molecule has 0 saturated carbocycles. The Labute approximate surface area is 110 Å². The smallest absolute Gasteiger partial charge is 0.408 e. The van der Waals surface area contributed by atoms with Crippen molar-refractivity contribution in [1.82, 2.24) is 0 Å². The van der Waals surface area contributed by atoms with Crippen LogP contribution in [0.4, 0.5) is 0 Å². The molecular weight excluding hydrogens is 223 g/mol. The van der Waals surface area contributed by atoms with Crippen LogP contribution in [0.1, 0.15) is 32.8 Å². The molecule has 2 nitrogen and oxygen atoms in total. The van der Waals surface area contributed by atoms with Gasteiger partial charge in [-0.1, -0.05) is 42.5 Å². The van der Waals surface area contributed by atoms with Gasteiger partial charge in [-0.25, -0.2) is 0 Å². The van der Waals surface area contributed by atoms with Gasteiger partial charge in [-0.2, -0.15) is 0 Å². The van der Waals surface area contributed by atoms with E-state index in [1.165, 1.54) is 5.56 Å². The monoisotopic (exact) mass is 244 g/mol. The highest BCUT2D eigenvalue weighted by Gasteiger charge is 2.35. The third kappa shape index (κ3) is 4.00. The number of rotatable bonds is 3. The van der Waals surface area contributed by atoms with Crippen LogP contribution in [-0.2, 0) is 9.31 Å². The van der Waals surface area contributed by atoms with Crippen LogP contribution in [0.25, 0.3) is 6.08 Å². The zero-order chi connectivity index (χ0) is 13.0. The molecule has 1 aromatic carbocycles. The van der Waals surface area contributed by atoms with Crippen molar-refractivity contribution in [2.75, 3.05) is 0 Å². The molecular formula is C15H21BO2. The lowest BCUT2D eigenvalue weighted by Crippen LogP contribution is -2.45. The Kier molecular flexibility index (Phi) is 4.25. The number of hydrogen-bond donors (Lipinski definition) is 0. The topological polar surface area (TPSA) is 18.5 Å². The van der Waals surface area contributed by atoms with Crippen molar-refractivity contribution in [3.63, 3.8) is 0 Å². The molecule has 1 aliphatic rings. The number of hydrogen-bond acceptors (Lipinski definition) is 2. The molecule has 2 rings (SSSR count). The molecule has 0 amide bonds. The summed E-state index contributed by atoms with van der Waals surface area (Å²) in [6, 6.07) is 10.3. The average Bonchev–Trinajstić information content (AvgIpc) is 2.27. The third-order valence-corrected chi connectivity index (χ3v) is 3.05. The average molecular weight is 244 g/mol. The SMILES string of the molecule is CC1CC(C)(C)OB(C/C=C/c2ccccc2)O1. The van der Waals surface area contributed by atoms with E-state index in [9.17, 15) is 0 Å². The van der Waals surface area contributed by atoms with Crippen LogP contribution in [0.3, 0.4) is 0 Å². The first-order chi connectivity index (χ1) is 8.55. The van der Waals surface area contributed by atoms with E-state index in [1.807, 2.05) is 18.2 Å². The molecule has 96 valence electrons. The molecule has 1 aromatic rings. The summed E-state index contributed by atoms with van der Waals surface area (Å²) in [5, 5.41) is 0. The molecule has 1 atom stereocenters. The standard InChI is InChI=1S/C15H21BO2/c1-13-12-15(2,3)18-16(17-13)11-7-10-14-8-5-4-6-9-14/h4-10,13H,11-12H2,1-3H3/b10-7+. The van der Waals surface area contributed by atoms with Crippen LogP contribution in [0, 0.1) is 0 Å². The largest absolute Gasteiger partial charge is 0.461 e. The van der Waals surface area contributed by atoms with Gasteiger partial charge in [0.25, 0.3) is 0 Å². The van der Waals surface area contributed by atoms with Gasteiger partial charge >= 0.3 is 7.12 Å². The van der Waals surface area contributed by atoms with Gasteiger partial charge < -0.3 is 9.31 Å². The van der Waals surface area contributed by atoms with E-state index in [0.29, 0.717) is 0 Å². The summed E-state index contributed by atoms with van der Waals surface area (Å²) in [6.45, 7) is 6.36. The Hall–Kier alpha value is -1.06. The third-order valence-electron chi connectivity index (χ3n) is 3.05. The van der Waals surface area contributed by atoms with Crippen molar-refractivity contribution in [3.8, 4) is 0 Å². The first kappa shape index (κ1) is 13.4. The molecule has 0 N–H and O–H groups in total. The Bertz CT molecular complexity index is 400. The van der Waals surface area contributed by atoms with Crippen LogP contribution >= 0.6 is 0 Å². The van der Waals surface area contributed by atoms with Gasteiger partial charge in [0.15, 0.2) is 0 Å². The van der Waals surface area contributed by atoms with Gasteiger partial charge in [0.1, 0.15) is 0 Å². The summed E-state index contributed by atoms with van der Waals surface area (Å²) in [5.74, 6) is 0. The lowest BCUT2D eigenvalue weighted by Gasteiger charge is -2.38. The van der Waals surface area contributed by atoms with Crippen molar-refractivity contribution < 1.29 is 9.31 Å². The molecule has 1 fully saturated rings. The predicted octanol–water partition coefficient (Wildman–Crippen LogP) is 3.79. The second-order valence-electron chi connectivity index (χ2n) is 5.51. The molecule has 1 unspecified atom stereocenters. The van der Waals surface area contributed by atoms with Crippen LogP contribution in [0.2, 0.25) is 6.32 Å². The van der Waals surface area contributed by atoms with E-state index in [1.54, 1.807) is 0 Å². The number of benzene rings is 1. The summed E-state index contributed by atoms with van der Waals surface area (Å²) in [4.78, 5) is 0. The van der Waals surface area contributed by atoms with Gasteiger partial charge in [-0.05, 0) is 32.8 Å². The normalized spacial score (nSPS) is 23.5. The Morgan fingerprint density at radius 3 is 2.72 bits per heavy atom. The molecule has 1 aliphatic heterocycles. The van der Waals surface area contributed by atoms with E-state index in [-0.39, 0.29) is 18.8 Å². The Morgan fingerprint density at radius 1 is 1.33 bits per heavy atom. The van der Waals surface area contributed by atoms with Gasteiger partial charge in [-0.15, -0.1) is 0 Å². The maximum Gasteiger partial charge on any atom is 0.461 e. The van der Waals surface area contributed by atoms with Crippen molar-refractivity contribution >= 4 is 13.2 Å². The number of allylic oxidation sites excluding steroid dienone is 1. The minimum absolute atomic E-state index is 0.0804. The van der Waals surface area contributed by atoms with Gasteiger partial charge in [0, 0.05) is 12.4 Å². The van der Waals surface area contributed by atoms with Crippen molar-refractivity contribution in [2.24, 2.45) is 0 Å². The van der Waals surface area contributed by atoms with Crippen molar-refractivity contribution in [3.05, 3.63) is 42.0 Å². The van der Waals surface area contributed by atoms with Crippen LogP contribution < -0.4 is 0 Å². The second-order valence-corrected chi connectivity index (χ2v) is 5.51. The van der Waals surface area contributed by atoms with Crippen LogP contribution in [0.5, 0.6) is 0 Å². The van der Waals surface area contributed by atoms with Crippen LogP contribution in [0.15, 0.2) is 36.4 Å². The second kappa shape index (κ2) is 5.72. The minimum atomic E-state index is -0.122. The Balaban J connectivity index is 1.88. The van der Waals surface area contributed by atoms with E-state index in [0.717, 1.165) is 12.7 Å². The van der Waals surface area contributed by atoms with E-state index < -0.39 is 0 Å². The van der Waals surface area contributed by atoms with Crippen molar-refractivity contribution in [1.29, 1.82) is 0 Å². The van der Waals surface area contributed by atoms with Crippen LogP contribution in [-0.4, -0.2) is 18.8 Å². The summed E-state index contributed by atoms with van der Waals surface area (Å²) in [6.07, 6.45) is 6.24. The van der Waals surface area contributed by atoms with E-state index in [2.05, 4.69) is 45.1 Å². The summed E-state index contributed by atoms with van der Waals surface area (Å²) >= 11 is 0. The fraction of sp³-hybridized carbons (Fsp3) is 0.467. The first-order valence-corrected chi connectivity index (χ1v) is 6.60. The summed E-state index contributed by atoms with van der Waals surface area (Å²) < 4.78 is 11.7. The molecule has 0 aliphatic carbocycles. The molecule has 0 bridgehead atoms. The lowest BCUT2D eigenvalue weighted by molar-refractivity contribution is -0.0276. The molecule has 1 saturated heterocycles. The molecule has 0 spiro atoms. The zero-order valence-electron chi connectivity index (χ0n) is 11.4. The fourth-order valence-corrected chi connectivity index (χ4v) is 2.41. The predicted molar refractivity (Wildman–Crippen MR) is 76.4 cm³/mol. The van der Waals surface area contributed by atoms with Crippen molar-refractivity contribution in [2.45, 2.75) is 45.2 Å². The molecule has 3 heteroatoms. The molecule has 0 radical (unpaired) electrons. The fourth-order valence-electron chi connectivity index (χ4n) is 2.41. The van der Waals surface area contributed by atoms with E-state index in [4.69, 9.17) is 9.31 Å². The van der Waals surface area contributed by atoms with Gasteiger partial charge in [0.2, 0.25) is 0 Å². The lowest BCUT2D eigenvalue weighted by atomic mass is 9.79. The minimum Gasteiger partial charge on any atom is -0.408 e. The highest BCUT2D eigenvalue weighted by atomic mass is 16.6. The molecule has 18 heavy (non-hydrogen) atoms. The maximum atomic E-state index is 5.91. The van der Waals surface area contributed by atoms with Gasteiger partial charge in [0.05, 0.1) is 5.60 Å². The summed E-state index contributed by atoms with van der Waals surface area (Å²) in [7, 11) is -0.122. The van der Waals surface area contributed by atoms with E-state index >= 15 is 0 Å². The molecule has 1 heterocycles.